The monoisotopic (exact) mass is 428 g/mol. The summed E-state index contributed by atoms with van der Waals surface area (Å²) in [4.78, 5) is 23.3. The number of hydrazone groups is 1. The lowest BCUT2D eigenvalue weighted by Crippen LogP contribution is -2.40. The predicted molar refractivity (Wildman–Crippen MR) is 98.4 cm³/mol. The Morgan fingerprint density at radius 3 is 2.65 bits per heavy atom. The number of hydrogen-bond acceptors (Lipinski definition) is 5. The topological polar surface area (TPSA) is 77.0 Å². The van der Waals surface area contributed by atoms with Crippen molar-refractivity contribution in [2.75, 3.05) is 7.11 Å². The molecule has 142 valence electrons. The molecule has 0 bridgehead atoms. The van der Waals surface area contributed by atoms with Gasteiger partial charge in [-0.05, 0) is 48.8 Å². The van der Waals surface area contributed by atoms with E-state index in [1.165, 1.54) is 13.2 Å². The summed E-state index contributed by atoms with van der Waals surface area (Å²) < 4.78 is 25.6. The Balaban J connectivity index is 2.30. The first-order chi connectivity index (χ1) is 12.1. The van der Waals surface area contributed by atoms with Gasteiger partial charge in [-0.2, -0.15) is 5.10 Å². The molecule has 1 heterocycles. The highest BCUT2D eigenvalue weighted by molar-refractivity contribution is 9.10. The maximum atomic E-state index is 14.7. The van der Waals surface area contributed by atoms with Crippen LogP contribution in [0.5, 0.6) is 5.75 Å². The molecule has 0 radical (unpaired) electrons. The first-order valence-corrected chi connectivity index (χ1v) is 8.98. The number of carbonyl (C=O) groups excluding carboxylic acids is 2. The molecule has 2 unspecified atom stereocenters. The van der Waals surface area contributed by atoms with Crippen LogP contribution in [-0.2, 0) is 14.3 Å². The van der Waals surface area contributed by atoms with E-state index in [2.05, 4.69) is 26.5 Å². The number of hydrogen-bond donors (Lipinski definition) is 1. The molecule has 1 aliphatic heterocycles. The van der Waals surface area contributed by atoms with Gasteiger partial charge in [-0.15, -0.1) is 0 Å². The average Bonchev–Trinajstić information content (AvgIpc) is 2.56. The van der Waals surface area contributed by atoms with E-state index in [4.69, 9.17) is 9.47 Å². The second-order valence-electron chi connectivity index (χ2n) is 6.88. The van der Waals surface area contributed by atoms with Crippen molar-refractivity contribution in [1.82, 2.24) is 5.43 Å². The van der Waals surface area contributed by atoms with E-state index in [0.717, 1.165) is 0 Å². The third-order valence-corrected chi connectivity index (χ3v) is 5.16. The summed E-state index contributed by atoms with van der Waals surface area (Å²) in [6.45, 7) is 6.88. The number of methoxy groups -OCH3 is 1. The van der Waals surface area contributed by atoms with Gasteiger partial charge in [0.15, 0.2) is 11.6 Å². The minimum absolute atomic E-state index is 0.00586. The zero-order chi connectivity index (χ0) is 19.6. The van der Waals surface area contributed by atoms with Crippen LogP contribution in [0.3, 0.4) is 0 Å². The minimum Gasteiger partial charge on any atom is -0.485 e. The highest BCUT2D eigenvalue weighted by Crippen LogP contribution is 2.35. The van der Waals surface area contributed by atoms with Crippen molar-refractivity contribution >= 4 is 33.5 Å². The van der Waals surface area contributed by atoms with Gasteiger partial charge in [0, 0.05) is 17.9 Å². The fourth-order valence-electron chi connectivity index (χ4n) is 2.58. The van der Waals surface area contributed by atoms with Gasteiger partial charge in [-0.3, -0.25) is 9.59 Å². The quantitative estimate of drug-likeness (QED) is 0.728. The molecule has 0 aliphatic carbocycles. The number of carbonyl (C=O) groups is 2. The highest BCUT2D eigenvalue weighted by Gasteiger charge is 2.37. The van der Waals surface area contributed by atoms with Crippen molar-refractivity contribution in [2.24, 2.45) is 16.4 Å². The molecule has 2 rings (SSSR count). The molecular weight excluding hydrogens is 407 g/mol. The van der Waals surface area contributed by atoms with Crippen LogP contribution < -0.4 is 10.2 Å². The molecule has 2 atom stereocenters. The molecule has 26 heavy (non-hydrogen) atoms. The standard InChI is InChI=1S/C18H22BrFN2O4/c1-9-6-14(23)21-22-15(9)11-7-12(19)16(13(20)8-11)26-10(2)18(3,4)17(24)25-5/h7-10H,6H2,1-5H3,(H,21,23). The summed E-state index contributed by atoms with van der Waals surface area (Å²) in [5.41, 5.74) is 2.61. The Morgan fingerprint density at radius 1 is 1.46 bits per heavy atom. The number of ether oxygens (including phenoxy) is 2. The van der Waals surface area contributed by atoms with Crippen molar-refractivity contribution in [3.05, 3.63) is 28.0 Å². The van der Waals surface area contributed by atoms with Crippen LogP contribution in [-0.4, -0.2) is 30.8 Å². The second-order valence-corrected chi connectivity index (χ2v) is 7.73. The number of amides is 1. The fourth-order valence-corrected chi connectivity index (χ4v) is 3.11. The van der Waals surface area contributed by atoms with Crippen LogP contribution >= 0.6 is 15.9 Å². The van der Waals surface area contributed by atoms with Gasteiger partial charge in [0.1, 0.15) is 6.10 Å². The van der Waals surface area contributed by atoms with Crippen molar-refractivity contribution in [2.45, 2.75) is 40.2 Å². The van der Waals surface area contributed by atoms with Crippen LogP contribution in [0.4, 0.5) is 4.39 Å². The number of halogens is 2. The summed E-state index contributed by atoms with van der Waals surface area (Å²) in [5, 5.41) is 4.04. The van der Waals surface area contributed by atoms with Crippen LogP contribution in [0.25, 0.3) is 0 Å². The van der Waals surface area contributed by atoms with Gasteiger partial charge in [0.05, 0.1) is 22.7 Å². The predicted octanol–water partition coefficient (Wildman–Crippen LogP) is 3.41. The molecule has 8 heteroatoms. The van der Waals surface area contributed by atoms with Gasteiger partial charge in [0.2, 0.25) is 5.91 Å². The van der Waals surface area contributed by atoms with E-state index >= 15 is 0 Å². The Labute approximate surface area is 160 Å². The molecule has 0 fully saturated rings. The average molecular weight is 429 g/mol. The lowest BCUT2D eigenvalue weighted by Gasteiger charge is -2.30. The third-order valence-electron chi connectivity index (χ3n) is 4.58. The SMILES string of the molecule is COC(=O)C(C)(C)C(C)Oc1c(F)cc(C2=NNC(=O)CC2C)cc1Br. The van der Waals surface area contributed by atoms with Gasteiger partial charge in [-0.25, -0.2) is 9.82 Å². The lowest BCUT2D eigenvalue weighted by atomic mass is 9.87. The van der Waals surface area contributed by atoms with E-state index < -0.39 is 23.3 Å². The molecule has 0 spiro atoms. The summed E-state index contributed by atoms with van der Waals surface area (Å²) >= 11 is 3.32. The molecular formula is C18H22BrFN2O4. The number of esters is 1. The van der Waals surface area contributed by atoms with E-state index in [1.54, 1.807) is 26.8 Å². The van der Waals surface area contributed by atoms with E-state index in [-0.39, 0.29) is 17.6 Å². The number of nitrogens with zero attached hydrogens (tertiary/aromatic N) is 1. The first kappa shape index (κ1) is 20.4. The molecule has 1 aliphatic rings. The van der Waals surface area contributed by atoms with Crippen LogP contribution in [0, 0.1) is 17.2 Å². The van der Waals surface area contributed by atoms with Gasteiger partial charge < -0.3 is 9.47 Å². The molecule has 1 aromatic carbocycles. The van der Waals surface area contributed by atoms with Crippen molar-refractivity contribution < 1.29 is 23.5 Å². The van der Waals surface area contributed by atoms with Gasteiger partial charge in [-0.1, -0.05) is 6.92 Å². The largest absolute Gasteiger partial charge is 0.485 e. The van der Waals surface area contributed by atoms with Crippen LogP contribution in [0.1, 0.15) is 39.7 Å². The second kappa shape index (κ2) is 7.73. The molecule has 0 saturated heterocycles. The Bertz CT molecular complexity index is 741. The van der Waals surface area contributed by atoms with Crippen LogP contribution in [0.2, 0.25) is 0 Å². The van der Waals surface area contributed by atoms with Crippen molar-refractivity contribution in [1.29, 1.82) is 0 Å². The molecule has 0 saturated carbocycles. The minimum atomic E-state index is -0.953. The molecule has 1 aromatic rings. The summed E-state index contributed by atoms with van der Waals surface area (Å²) in [6.07, 6.45) is -0.336. The summed E-state index contributed by atoms with van der Waals surface area (Å²) in [6, 6.07) is 2.99. The first-order valence-electron chi connectivity index (χ1n) is 8.18. The van der Waals surface area contributed by atoms with Crippen molar-refractivity contribution in [3.8, 4) is 5.75 Å². The Morgan fingerprint density at radius 2 is 2.12 bits per heavy atom. The van der Waals surface area contributed by atoms with Gasteiger partial charge >= 0.3 is 5.97 Å². The maximum Gasteiger partial charge on any atom is 0.314 e. The molecule has 6 nitrogen and oxygen atoms in total. The number of benzene rings is 1. The smallest absolute Gasteiger partial charge is 0.314 e. The molecule has 1 N–H and O–H groups in total. The van der Waals surface area contributed by atoms with E-state index in [9.17, 15) is 14.0 Å². The fraction of sp³-hybridized carbons (Fsp3) is 0.500. The maximum absolute atomic E-state index is 14.7. The molecule has 0 aromatic heterocycles. The van der Waals surface area contributed by atoms with Crippen molar-refractivity contribution in [3.63, 3.8) is 0 Å². The van der Waals surface area contributed by atoms with Gasteiger partial charge in [0.25, 0.3) is 0 Å². The lowest BCUT2D eigenvalue weighted by molar-refractivity contribution is -0.155. The number of rotatable bonds is 5. The third kappa shape index (κ3) is 4.06. The zero-order valence-electron chi connectivity index (χ0n) is 15.4. The molecule has 1 amide bonds. The Hall–Kier alpha value is -1.96. The zero-order valence-corrected chi connectivity index (χ0v) is 16.9. The van der Waals surface area contributed by atoms with E-state index in [0.29, 0.717) is 22.2 Å². The van der Waals surface area contributed by atoms with Crippen LogP contribution in [0.15, 0.2) is 21.7 Å². The summed E-state index contributed by atoms with van der Waals surface area (Å²) in [5.74, 6) is -1.32. The highest BCUT2D eigenvalue weighted by atomic mass is 79.9. The normalized spacial score (nSPS) is 18.7. The Kier molecular flexibility index (Phi) is 6.05. The summed E-state index contributed by atoms with van der Waals surface area (Å²) in [7, 11) is 1.30. The number of nitrogens with one attached hydrogen (secondary N) is 1. The van der Waals surface area contributed by atoms with E-state index in [1.807, 2.05) is 6.92 Å².